The van der Waals surface area contributed by atoms with Gasteiger partial charge in [-0.2, -0.15) is 0 Å². The van der Waals surface area contributed by atoms with Gasteiger partial charge in [-0.15, -0.1) is 0 Å². The third kappa shape index (κ3) is 1.79. The lowest BCUT2D eigenvalue weighted by molar-refractivity contribution is 0.638. The van der Waals surface area contributed by atoms with E-state index in [2.05, 4.69) is 42.6 Å². The van der Waals surface area contributed by atoms with Gasteiger partial charge in [-0.25, -0.2) is 0 Å². The fourth-order valence-corrected chi connectivity index (χ4v) is 1.53. The first-order valence-electron chi connectivity index (χ1n) is 4.66. The summed E-state index contributed by atoms with van der Waals surface area (Å²) < 4.78 is 0. The lowest BCUT2D eigenvalue weighted by atomic mass is 9.98. The molecule has 0 saturated heterocycles. The van der Waals surface area contributed by atoms with Crippen LogP contribution in [0.2, 0.25) is 0 Å². The maximum Gasteiger partial charge on any atom is 0.0542 e. The van der Waals surface area contributed by atoms with Crippen LogP contribution in [0, 0.1) is 5.92 Å². The summed E-state index contributed by atoms with van der Waals surface area (Å²) in [5, 5.41) is 3.38. The summed E-state index contributed by atoms with van der Waals surface area (Å²) in [5.74, 6) is 0.602. The van der Waals surface area contributed by atoms with E-state index in [0.717, 1.165) is 0 Å². The SMILES string of the molecule is CC.CC1=CC2C=CC=CC2N1. The summed E-state index contributed by atoms with van der Waals surface area (Å²) in [7, 11) is 0. The Morgan fingerprint density at radius 3 is 2.50 bits per heavy atom. The van der Waals surface area contributed by atoms with Crippen molar-refractivity contribution in [2.45, 2.75) is 26.8 Å². The maximum atomic E-state index is 3.38. The van der Waals surface area contributed by atoms with Crippen molar-refractivity contribution < 1.29 is 0 Å². The molecule has 0 spiro atoms. The van der Waals surface area contributed by atoms with E-state index < -0.39 is 0 Å². The van der Waals surface area contributed by atoms with Crippen LogP contribution >= 0.6 is 0 Å². The highest BCUT2D eigenvalue weighted by molar-refractivity contribution is 5.28. The second kappa shape index (κ2) is 4.15. The minimum Gasteiger partial charge on any atom is -0.382 e. The average Bonchev–Trinajstić information content (AvgIpc) is 2.48. The van der Waals surface area contributed by atoms with Gasteiger partial charge in [0.1, 0.15) is 0 Å². The monoisotopic (exact) mass is 163 g/mol. The van der Waals surface area contributed by atoms with Crippen LogP contribution in [0.5, 0.6) is 0 Å². The second-order valence-corrected chi connectivity index (χ2v) is 2.87. The molecule has 1 heteroatoms. The van der Waals surface area contributed by atoms with E-state index in [-0.39, 0.29) is 0 Å². The largest absolute Gasteiger partial charge is 0.382 e. The Morgan fingerprint density at radius 1 is 1.17 bits per heavy atom. The molecule has 1 nitrogen and oxygen atoms in total. The quantitative estimate of drug-likeness (QED) is 0.579. The Bertz CT molecular complexity index is 223. The first-order valence-corrected chi connectivity index (χ1v) is 4.66. The topological polar surface area (TPSA) is 12.0 Å². The zero-order valence-corrected chi connectivity index (χ0v) is 8.04. The molecule has 1 heterocycles. The minimum atomic E-state index is 0.532. The van der Waals surface area contributed by atoms with E-state index >= 15 is 0 Å². The van der Waals surface area contributed by atoms with Crippen molar-refractivity contribution in [1.82, 2.24) is 5.32 Å². The number of allylic oxidation sites excluding steroid dienone is 3. The van der Waals surface area contributed by atoms with E-state index in [1.807, 2.05) is 13.8 Å². The van der Waals surface area contributed by atoms with E-state index in [0.29, 0.717) is 12.0 Å². The van der Waals surface area contributed by atoms with E-state index in [1.165, 1.54) is 5.70 Å². The van der Waals surface area contributed by atoms with Crippen molar-refractivity contribution in [2.75, 3.05) is 0 Å². The Balaban J connectivity index is 0.000000336. The summed E-state index contributed by atoms with van der Waals surface area (Å²) >= 11 is 0. The molecule has 1 aliphatic carbocycles. The normalized spacial score (nSPS) is 29.8. The molecule has 0 radical (unpaired) electrons. The molecule has 2 rings (SSSR count). The number of hydrogen-bond donors (Lipinski definition) is 1. The molecule has 12 heavy (non-hydrogen) atoms. The van der Waals surface area contributed by atoms with Crippen LogP contribution in [0.4, 0.5) is 0 Å². The Hall–Kier alpha value is -0.980. The van der Waals surface area contributed by atoms with Gasteiger partial charge in [0.2, 0.25) is 0 Å². The fraction of sp³-hybridized carbons (Fsp3) is 0.455. The molecular formula is C11H17N. The zero-order chi connectivity index (χ0) is 8.97. The van der Waals surface area contributed by atoms with Gasteiger partial charge < -0.3 is 5.32 Å². The summed E-state index contributed by atoms with van der Waals surface area (Å²) in [6, 6.07) is 0.532. The van der Waals surface area contributed by atoms with Gasteiger partial charge in [0.25, 0.3) is 0 Å². The molecule has 2 atom stereocenters. The number of fused-ring (bicyclic) bond motifs is 1. The molecule has 0 aromatic carbocycles. The Labute approximate surface area is 74.9 Å². The Kier molecular flexibility index (Phi) is 3.15. The van der Waals surface area contributed by atoms with Crippen molar-refractivity contribution in [3.05, 3.63) is 36.1 Å². The van der Waals surface area contributed by atoms with Crippen LogP contribution in [0.1, 0.15) is 20.8 Å². The highest BCUT2D eigenvalue weighted by atomic mass is 14.9. The van der Waals surface area contributed by atoms with Gasteiger partial charge in [-0.3, -0.25) is 0 Å². The first kappa shape index (κ1) is 9.11. The highest BCUT2D eigenvalue weighted by Gasteiger charge is 2.21. The lowest BCUT2D eigenvalue weighted by Gasteiger charge is -2.15. The van der Waals surface area contributed by atoms with Gasteiger partial charge >= 0.3 is 0 Å². The van der Waals surface area contributed by atoms with E-state index in [1.54, 1.807) is 0 Å². The van der Waals surface area contributed by atoms with Crippen LogP contribution in [-0.4, -0.2) is 6.04 Å². The van der Waals surface area contributed by atoms with Crippen LogP contribution in [0.15, 0.2) is 36.1 Å². The smallest absolute Gasteiger partial charge is 0.0542 e. The Morgan fingerprint density at radius 2 is 1.83 bits per heavy atom. The van der Waals surface area contributed by atoms with Gasteiger partial charge in [0.05, 0.1) is 6.04 Å². The van der Waals surface area contributed by atoms with Crippen molar-refractivity contribution >= 4 is 0 Å². The zero-order valence-electron chi connectivity index (χ0n) is 8.04. The van der Waals surface area contributed by atoms with E-state index in [9.17, 15) is 0 Å². The minimum absolute atomic E-state index is 0.532. The molecule has 0 fully saturated rings. The van der Waals surface area contributed by atoms with E-state index in [4.69, 9.17) is 0 Å². The van der Waals surface area contributed by atoms with Gasteiger partial charge in [0, 0.05) is 11.6 Å². The summed E-state index contributed by atoms with van der Waals surface area (Å²) in [4.78, 5) is 0. The van der Waals surface area contributed by atoms with Crippen molar-refractivity contribution in [3.8, 4) is 0 Å². The van der Waals surface area contributed by atoms with Gasteiger partial charge in [0.15, 0.2) is 0 Å². The summed E-state index contributed by atoms with van der Waals surface area (Å²) in [5.41, 5.74) is 1.30. The molecule has 1 N–H and O–H groups in total. The molecule has 0 bridgehead atoms. The third-order valence-electron chi connectivity index (χ3n) is 2.01. The molecule has 2 aliphatic rings. The molecule has 0 amide bonds. The predicted octanol–water partition coefficient (Wildman–Crippen LogP) is 2.63. The standard InChI is InChI=1S/C9H11N.C2H6/c1-7-6-8-4-2-3-5-9(8)10-7;1-2/h2-6,8-10H,1H3;1-2H3. The highest BCUT2D eigenvalue weighted by Crippen LogP contribution is 2.21. The molecule has 0 aromatic rings. The molecule has 1 aliphatic heterocycles. The molecular weight excluding hydrogens is 146 g/mol. The van der Waals surface area contributed by atoms with Crippen LogP contribution < -0.4 is 5.32 Å². The molecule has 0 saturated carbocycles. The first-order chi connectivity index (χ1) is 5.86. The van der Waals surface area contributed by atoms with Crippen LogP contribution in [0.25, 0.3) is 0 Å². The number of rotatable bonds is 0. The molecule has 2 unspecified atom stereocenters. The number of nitrogens with one attached hydrogen (secondary N) is 1. The van der Waals surface area contributed by atoms with Crippen LogP contribution in [-0.2, 0) is 0 Å². The van der Waals surface area contributed by atoms with Crippen molar-refractivity contribution in [1.29, 1.82) is 0 Å². The predicted molar refractivity (Wildman–Crippen MR) is 53.8 cm³/mol. The third-order valence-corrected chi connectivity index (χ3v) is 2.01. The second-order valence-electron chi connectivity index (χ2n) is 2.87. The molecule has 66 valence electrons. The van der Waals surface area contributed by atoms with Crippen LogP contribution in [0.3, 0.4) is 0 Å². The van der Waals surface area contributed by atoms with Gasteiger partial charge in [-0.05, 0) is 6.92 Å². The summed E-state index contributed by atoms with van der Waals surface area (Å²) in [6.45, 7) is 6.11. The molecule has 0 aromatic heterocycles. The number of hydrogen-bond acceptors (Lipinski definition) is 1. The summed E-state index contributed by atoms with van der Waals surface area (Å²) in [6.07, 6.45) is 10.9. The van der Waals surface area contributed by atoms with Gasteiger partial charge in [-0.1, -0.05) is 44.2 Å². The fourth-order valence-electron chi connectivity index (χ4n) is 1.53. The van der Waals surface area contributed by atoms with Crippen molar-refractivity contribution in [3.63, 3.8) is 0 Å². The lowest BCUT2D eigenvalue weighted by Crippen LogP contribution is -2.25. The maximum absolute atomic E-state index is 3.38. The average molecular weight is 163 g/mol. The van der Waals surface area contributed by atoms with Crippen molar-refractivity contribution in [2.24, 2.45) is 5.92 Å².